The molecule has 1 aliphatic heterocycles. The molecular formula is C32H49N5S2. The van der Waals surface area contributed by atoms with Crippen molar-refractivity contribution >= 4 is 34.3 Å². The van der Waals surface area contributed by atoms with Crippen molar-refractivity contribution in [1.29, 1.82) is 0 Å². The van der Waals surface area contributed by atoms with E-state index in [4.69, 9.17) is 0 Å². The summed E-state index contributed by atoms with van der Waals surface area (Å²) in [6.45, 7) is 15.7. The predicted octanol–water partition coefficient (Wildman–Crippen LogP) is 8.97. The minimum Gasteiger partial charge on any atom is -0.329 e. The van der Waals surface area contributed by atoms with Crippen molar-refractivity contribution in [2.24, 2.45) is 0 Å². The second-order valence-corrected chi connectivity index (χ2v) is 12.2. The van der Waals surface area contributed by atoms with Gasteiger partial charge in [-0.15, -0.1) is 0 Å². The van der Waals surface area contributed by atoms with Gasteiger partial charge < -0.3 is 9.62 Å². The minimum absolute atomic E-state index is 0.837. The first kappa shape index (κ1) is 33.1. The Balaban J connectivity index is 0.000000220. The molecule has 2 aliphatic rings. The fraction of sp³-hybridized carbons (Fsp3) is 0.531. The van der Waals surface area contributed by atoms with Crippen molar-refractivity contribution in [3.63, 3.8) is 0 Å². The highest BCUT2D eigenvalue weighted by Crippen LogP contribution is 2.34. The van der Waals surface area contributed by atoms with Crippen LogP contribution in [-0.4, -0.2) is 44.7 Å². The van der Waals surface area contributed by atoms with Gasteiger partial charge in [0.15, 0.2) is 0 Å². The van der Waals surface area contributed by atoms with Gasteiger partial charge in [0.1, 0.15) is 0 Å². The zero-order valence-electron chi connectivity index (χ0n) is 24.9. The topological polar surface area (TPSA) is 53.9 Å². The molecule has 214 valence electrons. The number of aromatic nitrogens is 3. The smallest absolute Gasteiger partial charge is 0.0952 e. The lowest BCUT2D eigenvalue weighted by Crippen LogP contribution is -2.33. The van der Waals surface area contributed by atoms with E-state index in [1.165, 1.54) is 44.3 Å². The normalized spacial score (nSPS) is 17.8. The molecule has 39 heavy (non-hydrogen) atoms. The summed E-state index contributed by atoms with van der Waals surface area (Å²) >= 11 is 3.51. The third kappa shape index (κ3) is 13.2. The zero-order chi connectivity index (χ0) is 28.5. The quantitative estimate of drug-likeness (QED) is 0.227. The van der Waals surface area contributed by atoms with Crippen LogP contribution in [0, 0.1) is 0 Å². The SMILES string of the molecule is C=CC(=CC)S/C(=C\C)c1cncc(CCC)n1.CC1CCCCN1C.CCc1cc(NSC2CC2)ccn1. The number of piperidine rings is 1. The standard InChI is InChI=1S/C15H20N2S.C10H14N2S.C7H15N/c1-5-9-12-10-16-11-14(17-12)15(8-4)18-13(6-2)7-3;1-2-8-7-9(5-6-11-8)12-13-10-3-4-10;1-7-5-3-4-6-8(7)2/h6-8,10-11H,2,5,9H2,1,3-4H3;5-7,10H,2-4H2,1H3,(H,11,12);7H,3-6H2,1-2H3/b13-7?,15-8-;;. The first-order chi connectivity index (χ1) is 18.9. The van der Waals surface area contributed by atoms with Gasteiger partial charge >= 0.3 is 0 Å². The number of likely N-dealkylation sites (tertiary alicyclic amines) is 1. The highest BCUT2D eigenvalue weighted by atomic mass is 32.2. The molecule has 2 fully saturated rings. The summed E-state index contributed by atoms with van der Waals surface area (Å²) in [6.07, 6.45) is 21.5. The Kier molecular flexibility index (Phi) is 16.2. The van der Waals surface area contributed by atoms with E-state index in [2.05, 4.69) is 71.1 Å². The van der Waals surface area contributed by atoms with Crippen molar-refractivity contribution in [3.8, 4) is 0 Å². The minimum atomic E-state index is 0.837. The number of anilines is 1. The van der Waals surface area contributed by atoms with Gasteiger partial charge in [0.25, 0.3) is 0 Å². The van der Waals surface area contributed by atoms with Crippen molar-refractivity contribution in [3.05, 3.63) is 77.5 Å². The van der Waals surface area contributed by atoms with E-state index in [1.54, 1.807) is 11.8 Å². The number of pyridine rings is 1. The van der Waals surface area contributed by atoms with E-state index in [-0.39, 0.29) is 0 Å². The average Bonchev–Trinajstić information content (AvgIpc) is 3.80. The van der Waals surface area contributed by atoms with Gasteiger partial charge in [-0.25, -0.2) is 4.98 Å². The van der Waals surface area contributed by atoms with Gasteiger partial charge in [0.2, 0.25) is 0 Å². The van der Waals surface area contributed by atoms with Crippen molar-refractivity contribution in [1.82, 2.24) is 19.9 Å². The summed E-state index contributed by atoms with van der Waals surface area (Å²) in [7, 11) is 2.21. The van der Waals surface area contributed by atoms with E-state index in [9.17, 15) is 0 Å². The molecule has 0 amide bonds. The Bertz CT molecular complexity index is 1040. The maximum absolute atomic E-state index is 4.64. The highest BCUT2D eigenvalue weighted by molar-refractivity contribution is 8.11. The molecule has 3 heterocycles. The molecule has 0 bridgehead atoms. The monoisotopic (exact) mass is 567 g/mol. The molecule has 2 aromatic heterocycles. The molecular weight excluding hydrogens is 519 g/mol. The van der Waals surface area contributed by atoms with E-state index in [1.807, 2.05) is 62.6 Å². The Morgan fingerprint density at radius 3 is 2.49 bits per heavy atom. The van der Waals surface area contributed by atoms with Crippen LogP contribution in [0.2, 0.25) is 0 Å². The molecule has 1 saturated heterocycles. The van der Waals surface area contributed by atoms with Crippen LogP contribution in [0.3, 0.4) is 0 Å². The maximum Gasteiger partial charge on any atom is 0.0952 e. The van der Waals surface area contributed by atoms with Gasteiger partial charge in [-0.1, -0.05) is 63.3 Å². The van der Waals surface area contributed by atoms with Crippen LogP contribution >= 0.6 is 23.7 Å². The third-order valence-electron chi connectivity index (χ3n) is 6.60. The largest absolute Gasteiger partial charge is 0.329 e. The molecule has 0 aromatic carbocycles. The number of allylic oxidation sites excluding steroid dienone is 3. The van der Waals surface area contributed by atoms with Gasteiger partial charge in [-0.2, -0.15) is 0 Å². The Morgan fingerprint density at radius 2 is 1.92 bits per heavy atom. The van der Waals surface area contributed by atoms with Crippen LogP contribution in [0.25, 0.3) is 4.91 Å². The fourth-order valence-corrected chi connectivity index (χ4v) is 5.40. The highest BCUT2D eigenvalue weighted by Gasteiger charge is 2.21. The number of hydrogen-bond acceptors (Lipinski definition) is 7. The molecule has 1 atom stereocenters. The average molecular weight is 568 g/mol. The van der Waals surface area contributed by atoms with E-state index >= 15 is 0 Å². The van der Waals surface area contributed by atoms with Gasteiger partial charge in [-0.3, -0.25) is 9.97 Å². The molecule has 7 heteroatoms. The van der Waals surface area contributed by atoms with Crippen LogP contribution < -0.4 is 4.72 Å². The second kappa shape index (κ2) is 19.1. The number of thioether (sulfide) groups is 1. The summed E-state index contributed by atoms with van der Waals surface area (Å²) in [4.78, 5) is 17.8. The molecule has 4 rings (SSSR count). The summed E-state index contributed by atoms with van der Waals surface area (Å²) in [5, 5.41) is 0.846. The molecule has 5 nitrogen and oxygen atoms in total. The van der Waals surface area contributed by atoms with Crippen LogP contribution in [0.1, 0.15) is 90.2 Å². The first-order valence-electron chi connectivity index (χ1n) is 14.4. The second-order valence-electron chi connectivity index (χ2n) is 9.93. The number of nitrogens with one attached hydrogen (secondary N) is 1. The summed E-state index contributed by atoms with van der Waals surface area (Å²) in [5.41, 5.74) is 4.33. The molecule has 2 aromatic rings. The number of nitrogens with zero attached hydrogens (tertiary/aromatic N) is 4. The van der Waals surface area contributed by atoms with Gasteiger partial charge in [0.05, 0.1) is 17.6 Å². The van der Waals surface area contributed by atoms with Crippen LogP contribution in [-0.2, 0) is 12.8 Å². The van der Waals surface area contributed by atoms with E-state index in [0.717, 1.165) is 57.4 Å². The Hall–Kier alpha value is -2.09. The molecule has 0 spiro atoms. The molecule has 0 radical (unpaired) electrons. The summed E-state index contributed by atoms with van der Waals surface area (Å²) < 4.78 is 3.36. The lowest BCUT2D eigenvalue weighted by molar-refractivity contribution is 0.200. The predicted molar refractivity (Wildman–Crippen MR) is 175 cm³/mol. The van der Waals surface area contributed by atoms with Crippen LogP contribution in [0.15, 0.2) is 60.4 Å². The lowest BCUT2D eigenvalue weighted by Gasteiger charge is -2.29. The zero-order valence-corrected chi connectivity index (χ0v) is 26.6. The molecule has 1 saturated carbocycles. The molecule has 1 aliphatic carbocycles. The van der Waals surface area contributed by atoms with E-state index in [0.29, 0.717) is 0 Å². The number of aryl methyl sites for hydroxylation is 2. The lowest BCUT2D eigenvalue weighted by atomic mass is 10.1. The van der Waals surface area contributed by atoms with E-state index < -0.39 is 0 Å². The Morgan fingerprint density at radius 1 is 1.13 bits per heavy atom. The molecule has 1 unspecified atom stereocenters. The number of hydrogen-bond donors (Lipinski definition) is 1. The van der Waals surface area contributed by atoms with Crippen LogP contribution in [0.5, 0.6) is 0 Å². The Labute approximate surface area is 246 Å². The van der Waals surface area contributed by atoms with Gasteiger partial charge in [-0.05, 0) is 97.0 Å². The first-order valence-corrected chi connectivity index (χ1v) is 16.1. The summed E-state index contributed by atoms with van der Waals surface area (Å²) in [6, 6.07) is 4.98. The molecule has 1 N–H and O–H groups in total. The van der Waals surface area contributed by atoms with Crippen molar-refractivity contribution in [2.45, 2.75) is 97.3 Å². The fourth-order valence-electron chi connectivity index (χ4n) is 3.82. The van der Waals surface area contributed by atoms with Crippen molar-refractivity contribution in [2.75, 3.05) is 18.3 Å². The number of rotatable bonds is 10. The van der Waals surface area contributed by atoms with Crippen LogP contribution in [0.4, 0.5) is 5.69 Å². The maximum atomic E-state index is 4.64. The summed E-state index contributed by atoms with van der Waals surface area (Å²) in [5.74, 6) is 0. The van der Waals surface area contributed by atoms with Crippen molar-refractivity contribution < 1.29 is 0 Å². The third-order valence-corrected chi connectivity index (χ3v) is 9.06. The van der Waals surface area contributed by atoms with Gasteiger partial charge in [0, 0.05) is 44.9 Å².